The first-order valence-corrected chi connectivity index (χ1v) is 7.72. The average Bonchev–Trinajstić information content (AvgIpc) is 2.70. The fourth-order valence-electron chi connectivity index (χ4n) is 3.66. The topological polar surface area (TPSA) is 89.3 Å². The Kier molecular flexibility index (Phi) is 5.15. The summed E-state index contributed by atoms with van der Waals surface area (Å²) in [6.07, 6.45) is 8.43. The zero-order valence-electron chi connectivity index (χ0n) is 11.9. The molecule has 5 nitrogen and oxygen atoms in total. The van der Waals surface area contributed by atoms with Crippen molar-refractivity contribution in [3.63, 3.8) is 0 Å². The summed E-state index contributed by atoms with van der Waals surface area (Å²) >= 11 is 0. The van der Waals surface area contributed by atoms with E-state index in [9.17, 15) is 14.4 Å². The van der Waals surface area contributed by atoms with Crippen LogP contribution in [0.5, 0.6) is 0 Å². The van der Waals surface area contributed by atoms with Crippen molar-refractivity contribution in [2.75, 3.05) is 0 Å². The molecular formula is C15H24N2O3. The quantitative estimate of drug-likeness (QED) is 0.547. The van der Waals surface area contributed by atoms with Crippen molar-refractivity contribution in [3.8, 4) is 0 Å². The van der Waals surface area contributed by atoms with Crippen molar-refractivity contribution in [1.82, 2.24) is 5.32 Å². The normalized spacial score (nSPS) is 29.1. The lowest BCUT2D eigenvalue weighted by Crippen LogP contribution is -2.30. The van der Waals surface area contributed by atoms with Gasteiger partial charge in [0.2, 0.25) is 17.7 Å². The molecule has 1 aliphatic heterocycles. The maximum Gasteiger partial charge on any atom is 0.230 e. The summed E-state index contributed by atoms with van der Waals surface area (Å²) in [7, 11) is 0. The summed E-state index contributed by atoms with van der Waals surface area (Å²) in [6.45, 7) is 0. The van der Waals surface area contributed by atoms with E-state index >= 15 is 0 Å². The molecule has 3 amide bonds. The van der Waals surface area contributed by atoms with Gasteiger partial charge in [-0.25, -0.2) is 0 Å². The van der Waals surface area contributed by atoms with E-state index in [1.165, 1.54) is 0 Å². The first-order valence-electron chi connectivity index (χ1n) is 7.72. The van der Waals surface area contributed by atoms with Crippen LogP contribution in [0.2, 0.25) is 0 Å². The highest BCUT2D eigenvalue weighted by atomic mass is 16.2. The summed E-state index contributed by atoms with van der Waals surface area (Å²) in [6, 6.07) is 0. The van der Waals surface area contributed by atoms with Crippen LogP contribution < -0.4 is 11.1 Å². The smallest absolute Gasteiger partial charge is 0.230 e. The number of rotatable bonds is 7. The molecule has 3 atom stereocenters. The zero-order valence-corrected chi connectivity index (χ0v) is 11.9. The fourth-order valence-corrected chi connectivity index (χ4v) is 3.66. The summed E-state index contributed by atoms with van der Waals surface area (Å²) in [5, 5.41) is 2.48. The lowest BCUT2D eigenvalue weighted by atomic mass is 9.71. The second kappa shape index (κ2) is 6.86. The second-order valence-electron chi connectivity index (χ2n) is 6.10. The van der Waals surface area contributed by atoms with Gasteiger partial charge in [-0.1, -0.05) is 25.7 Å². The summed E-state index contributed by atoms with van der Waals surface area (Å²) in [5.74, 6) is -0.153. The van der Waals surface area contributed by atoms with Crippen molar-refractivity contribution in [3.05, 3.63) is 0 Å². The minimum atomic E-state index is -0.235. The Bertz CT molecular complexity index is 395. The SMILES string of the molecule is NC(=O)CCCCCCC1CCCC2C(=O)NC(=O)C12. The van der Waals surface area contributed by atoms with Gasteiger partial charge in [0.05, 0.1) is 11.8 Å². The molecule has 1 aliphatic carbocycles. The van der Waals surface area contributed by atoms with Gasteiger partial charge in [0.25, 0.3) is 0 Å². The monoisotopic (exact) mass is 280 g/mol. The Hall–Kier alpha value is -1.39. The predicted molar refractivity (Wildman–Crippen MR) is 74.4 cm³/mol. The van der Waals surface area contributed by atoms with Crippen molar-refractivity contribution in [1.29, 1.82) is 0 Å². The van der Waals surface area contributed by atoms with Crippen LogP contribution in [0.1, 0.15) is 57.8 Å². The van der Waals surface area contributed by atoms with Gasteiger partial charge < -0.3 is 5.73 Å². The van der Waals surface area contributed by atoms with Gasteiger partial charge in [0.15, 0.2) is 0 Å². The molecule has 0 radical (unpaired) electrons. The van der Waals surface area contributed by atoms with Gasteiger partial charge in [-0.15, -0.1) is 0 Å². The molecule has 3 unspecified atom stereocenters. The van der Waals surface area contributed by atoms with Crippen LogP contribution in [0.4, 0.5) is 0 Å². The van der Waals surface area contributed by atoms with Crippen molar-refractivity contribution < 1.29 is 14.4 Å². The number of carbonyl (C=O) groups is 3. The molecule has 0 aromatic heterocycles. The third kappa shape index (κ3) is 3.58. The summed E-state index contributed by atoms with van der Waals surface area (Å²) in [5.41, 5.74) is 5.10. The number of imide groups is 1. The molecule has 0 aromatic carbocycles. The Morgan fingerprint density at radius 2 is 1.85 bits per heavy atom. The number of hydrogen-bond acceptors (Lipinski definition) is 3. The standard InChI is InChI=1S/C15H24N2O3/c16-12(18)9-4-2-1-3-6-10-7-5-8-11-13(10)15(20)17-14(11)19/h10-11,13H,1-9H2,(H2,16,18)(H,17,19,20). The van der Waals surface area contributed by atoms with Crippen LogP contribution >= 0.6 is 0 Å². The minimum Gasteiger partial charge on any atom is -0.370 e. The van der Waals surface area contributed by atoms with Gasteiger partial charge in [0.1, 0.15) is 0 Å². The van der Waals surface area contributed by atoms with Crippen LogP contribution in [0.25, 0.3) is 0 Å². The molecule has 0 aromatic rings. The minimum absolute atomic E-state index is 0.0570. The fraction of sp³-hybridized carbons (Fsp3) is 0.800. The molecule has 2 aliphatic rings. The molecule has 5 heteroatoms. The molecule has 2 rings (SSSR count). The molecule has 0 bridgehead atoms. The highest BCUT2D eigenvalue weighted by Crippen LogP contribution is 2.40. The van der Waals surface area contributed by atoms with E-state index in [0.29, 0.717) is 12.3 Å². The predicted octanol–water partition coefficient (Wildman–Crippen LogP) is 1.50. The number of hydrogen-bond donors (Lipinski definition) is 2. The first-order chi connectivity index (χ1) is 9.59. The summed E-state index contributed by atoms with van der Waals surface area (Å²) < 4.78 is 0. The highest BCUT2D eigenvalue weighted by Gasteiger charge is 2.47. The molecule has 0 spiro atoms. The number of amides is 3. The number of carbonyl (C=O) groups excluding carboxylic acids is 3. The molecule has 20 heavy (non-hydrogen) atoms. The van der Waals surface area contributed by atoms with Gasteiger partial charge >= 0.3 is 0 Å². The van der Waals surface area contributed by atoms with Gasteiger partial charge in [0, 0.05) is 6.42 Å². The van der Waals surface area contributed by atoms with Gasteiger partial charge in [-0.2, -0.15) is 0 Å². The van der Waals surface area contributed by atoms with Crippen LogP contribution in [-0.2, 0) is 14.4 Å². The lowest BCUT2D eigenvalue weighted by Gasteiger charge is -2.30. The maximum absolute atomic E-state index is 11.9. The average molecular weight is 280 g/mol. The van der Waals surface area contributed by atoms with E-state index in [0.717, 1.165) is 51.4 Å². The summed E-state index contributed by atoms with van der Waals surface area (Å²) in [4.78, 5) is 34.1. The molecular weight excluding hydrogens is 256 g/mol. The number of nitrogens with one attached hydrogen (secondary N) is 1. The zero-order chi connectivity index (χ0) is 14.5. The van der Waals surface area contributed by atoms with E-state index in [1.807, 2.05) is 0 Å². The van der Waals surface area contributed by atoms with Crippen molar-refractivity contribution >= 4 is 17.7 Å². The van der Waals surface area contributed by atoms with Crippen molar-refractivity contribution in [2.24, 2.45) is 23.5 Å². The third-order valence-electron chi connectivity index (χ3n) is 4.67. The van der Waals surface area contributed by atoms with Gasteiger partial charge in [-0.05, 0) is 31.6 Å². The number of unbranched alkanes of at least 4 members (excludes halogenated alkanes) is 3. The van der Waals surface area contributed by atoms with Crippen molar-refractivity contribution in [2.45, 2.75) is 57.8 Å². The lowest BCUT2D eigenvalue weighted by molar-refractivity contribution is -0.126. The number of fused-ring (bicyclic) bond motifs is 1. The molecule has 1 saturated heterocycles. The van der Waals surface area contributed by atoms with E-state index in [2.05, 4.69) is 5.32 Å². The van der Waals surface area contributed by atoms with E-state index in [4.69, 9.17) is 5.73 Å². The molecule has 3 N–H and O–H groups in total. The first kappa shape index (κ1) is 15.0. The van der Waals surface area contributed by atoms with E-state index in [-0.39, 0.29) is 29.6 Å². The Morgan fingerprint density at radius 1 is 1.10 bits per heavy atom. The van der Waals surface area contributed by atoms with Crippen LogP contribution in [0.15, 0.2) is 0 Å². The molecule has 2 fully saturated rings. The third-order valence-corrected chi connectivity index (χ3v) is 4.67. The van der Waals surface area contributed by atoms with Crippen LogP contribution in [0.3, 0.4) is 0 Å². The van der Waals surface area contributed by atoms with Crippen LogP contribution in [-0.4, -0.2) is 17.7 Å². The van der Waals surface area contributed by atoms with Gasteiger partial charge in [-0.3, -0.25) is 19.7 Å². The highest BCUT2D eigenvalue weighted by molar-refractivity contribution is 6.05. The second-order valence-corrected chi connectivity index (χ2v) is 6.10. The Labute approximate surface area is 119 Å². The molecule has 112 valence electrons. The van der Waals surface area contributed by atoms with E-state index < -0.39 is 0 Å². The maximum atomic E-state index is 11.9. The largest absolute Gasteiger partial charge is 0.370 e. The Balaban J connectivity index is 1.71. The van der Waals surface area contributed by atoms with Crippen LogP contribution in [0, 0.1) is 17.8 Å². The Morgan fingerprint density at radius 3 is 2.60 bits per heavy atom. The van der Waals surface area contributed by atoms with E-state index in [1.54, 1.807) is 0 Å². The number of primary amides is 1. The molecule has 1 heterocycles. The number of nitrogens with two attached hydrogens (primary N) is 1. The molecule has 1 saturated carbocycles.